The molecule has 0 bridgehead atoms. The summed E-state index contributed by atoms with van der Waals surface area (Å²) in [4.78, 5) is 7.85. The zero-order valence-electron chi connectivity index (χ0n) is 9.34. The Morgan fingerprint density at radius 1 is 1.28 bits per heavy atom. The molecule has 1 aromatic carbocycles. The molecule has 1 heterocycles. The number of halogens is 3. The Balaban J connectivity index is 2.57. The number of nitrogen functional groups attached to an aromatic ring is 1. The van der Waals surface area contributed by atoms with Crippen molar-refractivity contribution in [2.24, 2.45) is 5.84 Å². The molecule has 7 heteroatoms. The molecule has 0 unspecified atom stereocenters. The largest absolute Gasteiger partial charge is 0.306 e. The number of nitrogens with two attached hydrogens (primary N) is 1. The number of aryl methyl sites for hydroxylation is 1. The van der Waals surface area contributed by atoms with E-state index in [9.17, 15) is 8.78 Å². The van der Waals surface area contributed by atoms with E-state index < -0.39 is 11.6 Å². The fourth-order valence-corrected chi connectivity index (χ4v) is 1.67. The van der Waals surface area contributed by atoms with Crippen molar-refractivity contribution >= 4 is 21.7 Å². The molecule has 3 N–H and O–H groups in total. The molecule has 0 radical (unpaired) electrons. The lowest BCUT2D eigenvalue weighted by molar-refractivity contribution is 0.606. The minimum Gasteiger partial charge on any atom is -0.306 e. The predicted molar refractivity (Wildman–Crippen MR) is 67.6 cm³/mol. The van der Waals surface area contributed by atoms with E-state index in [0.29, 0.717) is 10.0 Å². The molecule has 0 aliphatic carbocycles. The quantitative estimate of drug-likeness (QED) is 0.661. The second-order valence-corrected chi connectivity index (χ2v) is 4.42. The van der Waals surface area contributed by atoms with E-state index in [1.165, 1.54) is 19.1 Å². The maximum absolute atomic E-state index is 13.5. The normalized spacial score (nSPS) is 10.5. The first-order valence-corrected chi connectivity index (χ1v) is 5.78. The Bertz CT molecular complexity index is 604. The van der Waals surface area contributed by atoms with Crippen LogP contribution in [0.25, 0.3) is 11.4 Å². The molecule has 0 amide bonds. The van der Waals surface area contributed by atoms with Gasteiger partial charge in [-0.05, 0) is 41.1 Å². The topological polar surface area (TPSA) is 63.8 Å². The smallest absolute Gasteiger partial charge is 0.187 e. The molecule has 0 saturated carbocycles. The number of benzene rings is 1. The standard InChI is InChI=1S/C11H9BrF2N4/c1-5-9(14)11(18-15)17-10(16-5)6-2-3-7(12)8(13)4-6/h2-4H,15H2,1H3,(H,16,17,18). The molecule has 0 spiro atoms. The summed E-state index contributed by atoms with van der Waals surface area (Å²) in [6.45, 7) is 1.48. The number of hydrogen-bond acceptors (Lipinski definition) is 4. The minimum absolute atomic E-state index is 0.124. The number of aromatic nitrogens is 2. The van der Waals surface area contributed by atoms with E-state index in [-0.39, 0.29) is 17.3 Å². The molecule has 94 valence electrons. The third kappa shape index (κ3) is 2.32. The van der Waals surface area contributed by atoms with E-state index in [2.05, 4.69) is 31.3 Å². The summed E-state index contributed by atoms with van der Waals surface area (Å²) in [6, 6.07) is 4.42. The van der Waals surface area contributed by atoms with E-state index in [1.807, 2.05) is 0 Å². The summed E-state index contributed by atoms with van der Waals surface area (Å²) in [5.41, 5.74) is 2.72. The second kappa shape index (κ2) is 4.95. The summed E-state index contributed by atoms with van der Waals surface area (Å²) in [6.07, 6.45) is 0. The van der Waals surface area contributed by atoms with E-state index in [4.69, 9.17) is 5.84 Å². The van der Waals surface area contributed by atoms with Gasteiger partial charge in [0, 0.05) is 5.56 Å². The van der Waals surface area contributed by atoms with Gasteiger partial charge >= 0.3 is 0 Å². The molecule has 2 aromatic rings. The zero-order chi connectivity index (χ0) is 13.3. The van der Waals surface area contributed by atoms with Crippen molar-refractivity contribution in [1.82, 2.24) is 9.97 Å². The van der Waals surface area contributed by atoms with E-state index in [1.54, 1.807) is 6.07 Å². The highest BCUT2D eigenvalue weighted by Gasteiger charge is 2.12. The van der Waals surface area contributed by atoms with Crippen molar-refractivity contribution in [3.63, 3.8) is 0 Å². The van der Waals surface area contributed by atoms with Gasteiger partial charge in [-0.15, -0.1) is 0 Å². The van der Waals surface area contributed by atoms with Crippen LogP contribution in [0, 0.1) is 18.6 Å². The van der Waals surface area contributed by atoms with Crippen LogP contribution in [-0.2, 0) is 0 Å². The van der Waals surface area contributed by atoms with Crippen LogP contribution in [0.4, 0.5) is 14.6 Å². The molecular formula is C11H9BrF2N4. The highest BCUT2D eigenvalue weighted by atomic mass is 79.9. The minimum atomic E-state index is -0.626. The third-order valence-corrected chi connectivity index (χ3v) is 2.97. The van der Waals surface area contributed by atoms with Gasteiger partial charge in [0.05, 0.1) is 10.2 Å². The molecule has 4 nitrogen and oxygen atoms in total. The SMILES string of the molecule is Cc1nc(-c2ccc(Br)c(F)c2)nc(NN)c1F. The molecule has 0 atom stereocenters. The Kier molecular flexibility index (Phi) is 3.53. The highest BCUT2D eigenvalue weighted by Crippen LogP contribution is 2.24. The van der Waals surface area contributed by atoms with Gasteiger partial charge in [0.15, 0.2) is 17.5 Å². The Morgan fingerprint density at radius 3 is 2.61 bits per heavy atom. The lowest BCUT2D eigenvalue weighted by Gasteiger charge is -2.07. The Hall–Kier alpha value is -1.60. The number of anilines is 1. The summed E-state index contributed by atoms with van der Waals surface area (Å²) in [7, 11) is 0. The van der Waals surface area contributed by atoms with Crippen LogP contribution in [0.1, 0.15) is 5.69 Å². The summed E-state index contributed by atoms with van der Waals surface area (Å²) in [5.74, 6) is 4.17. The first-order chi connectivity index (χ1) is 8.52. The van der Waals surface area contributed by atoms with Gasteiger partial charge in [-0.1, -0.05) is 0 Å². The van der Waals surface area contributed by atoms with Crippen LogP contribution in [0.3, 0.4) is 0 Å². The van der Waals surface area contributed by atoms with Gasteiger partial charge in [0.2, 0.25) is 0 Å². The van der Waals surface area contributed by atoms with Crippen LogP contribution >= 0.6 is 15.9 Å². The second-order valence-electron chi connectivity index (χ2n) is 3.57. The number of hydrogen-bond donors (Lipinski definition) is 2. The maximum atomic E-state index is 13.5. The third-order valence-electron chi connectivity index (χ3n) is 2.33. The van der Waals surface area contributed by atoms with Gasteiger partial charge in [0.1, 0.15) is 5.82 Å². The average Bonchev–Trinajstić information content (AvgIpc) is 2.36. The molecular weight excluding hydrogens is 306 g/mol. The highest BCUT2D eigenvalue weighted by molar-refractivity contribution is 9.10. The number of nitrogens with zero attached hydrogens (tertiary/aromatic N) is 2. The van der Waals surface area contributed by atoms with Gasteiger partial charge in [-0.25, -0.2) is 24.6 Å². The van der Waals surface area contributed by atoms with Crippen molar-refractivity contribution in [3.05, 3.63) is 40.0 Å². The molecule has 0 fully saturated rings. The molecule has 0 aliphatic heterocycles. The van der Waals surface area contributed by atoms with Gasteiger partial charge in [-0.3, -0.25) is 0 Å². The van der Waals surface area contributed by atoms with Crippen molar-refractivity contribution < 1.29 is 8.78 Å². The van der Waals surface area contributed by atoms with Crippen LogP contribution in [-0.4, -0.2) is 9.97 Å². The van der Waals surface area contributed by atoms with Crippen molar-refractivity contribution in [3.8, 4) is 11.4 Å². The maximum Gasteiger partial charge on any atom is 0.187 e. The summed E-state index contributed by atoms with van der Waals surface area (Å²) < 4.78 is 27.2. The molecule has 1 aromatic heterocycles. The first-order valence-electron chi connectivity index (χ1n) is 4.99. The van der Waals surface area contributed by atoms with Crippen molar-refractivity contribution in [2.75, 3.05) is 5.43 Å². The van der Waals surface area contributed by atoms with Crippen molar-refractivity contribution in [1.29, 1.82) is 0 Å². The van der Waals surface area contributed by atoms with Crippen LogP contribution in [0.5, 0.6) is 0 Å². The fraction of sp³-hybridized carbons (Fsp3) is 0.0909. The average molecular weight is 315 g/mol. The molecule has 0 saturated heterocycles. The lowest BCUT2D eigenvalue weighted by Crippen LogP contribution is -2.13. The summed E-state index contributed by atoms with van der Waals surface area (Å²) >= 11 is 3.05. The van der Waals surface area contributed by atoms with Gasteiger partial charge in [-0.2, -0.15) is 0 Å². The van der Waals surface area contributed by atoms with Crippen molar-refractivity contribution in [2.45, 2.75) is 6.92 Å². The van der Waals surface area contributed by atoms with Gasteiger partial charge < -0.3 is 5.43 Å². The fourth-order valence-electron chi connectivity index (χ4n) is 1.42. The lowest BCUT2D eigenvalue weighted by atomic mass is 10.2. The monoisotopic (exact) mass is 314 g/mol. The molecule has 0 aliphatic rings. The van der Waals surface area contributed by atoms with Crippen LogP contribution in [0.2, 0.25) is 0 Å². The van der Waals surface area contributed by atoms with E-state index >= 15 is 0 Å². The number of nitrogens with one attached hydrogen (secondary N) is 1. The Labute approximate surface area is 110 Å². The van der Waals surface area contributed by atoms with Crippen LogP contribution < -0.4 is 11.3 Å². The van der Waals surface area contributed by atoms with Crippen LogP contribution in [0.15, 0.2) is 22.7 Å². The van der Waals surface area contributed by atoms with Gasteiger partial charge in [0.25, 0.3) is 0 Å². The molecule has 18 heavy (non-hydrogen) atoms. The first kappa shape index (κ1) is 12.8. The Morgan fingerprint density at radius 2 is 2.00 bits per heavy atom. The van der Waals surface area contributed by atoms with E-state index in [0.717, 1.165) is 0 Å². The molecule has 2 rings (SSSR count). The predicted octanol–water partition coefficient (Wildman–Crippen LogP) is 2.78. The zero-order valence-corrected chi connectivity index (χ0v) is 10.9. The number of rotatable bonds is 2. The summed E-state index contributed by atoms with van der Waals surface area (Å²) in [5, 5.41) is 0. The number of hydrazine groups is 1.